The molecular weight excluding hydrogens is 172 g/mol. The molecule has 0 fully saturated rings. The molecule has 0 aliphatic rings. The molecule has 2 nitrogen and oxygen atoms in total. The van der Waals surface area contributed by atoms with Crippen molar-refractivity contribution in [2.24, 2.45) is 0 Å². The van der Waals surface area contributed by atoms with Crippen molar-refractivity contribution in [1.82, 2.24) is 0 Å². The summed E-state index contributed by atoms with van der Waals surface area (Å²) in [6.07, 6.45) is 0. The van der Waals surface area contributed by atoms with Crippen LogP contribution in [0, 0.1) is 6.07 Å². The normalized spacial score (nSPS) is 9.42. The van der Waals surface area contributed by atoms with Crippen LogP contribution >= 0.6 is 11.8 Å². The lowest BCUT2D eigenvalue weighted by Crippen LogP contribution is -2.02. The fourth-order valence-electron chi connectivity index (χ4n) is 0.669. The second-order valence-corrected chi connectivity index (χ2v) is 3.15. The molecule has 0 saturated carbocycles. The van der Waals surface area contributed by atoms with Crippen molar-refractivity contribution in [2.45, 2.75) is 4.90 Å². The summed E-state index contributed by atoms with van der Waals surface area (Å²) in [5, 5.41) is 0. The third-order valence-electron chi connectivity index (χ3n) is 1.27. The second kappa shape index (κ2) is 4.83. The highest BCUT2D eigenvalue weighted by molar-refractivity contribution is 8.00. The third-order valence-corrected chi connectivity index (χ3v) is 2.26. The molecule has 0 aromatic heterocycles. The summed E-state index contributed by atoms with van der Waals surface area (Å²) in [7, 11) is 1.39. The van der Waals surface area contributed by atoms with Crippen molar-refractivity contribution in [3.05, 3.63) is 30.3 Å². The van der Waals surface area contributed by atoms with Gasteiger partial charge in [0, 0.05) is 4.90 Å². The van der Waals surface area contributed by atoms with Gasteiger partial charge in [-0.25, -0.2) is 0 Å². The molecule has 0 saturated heterocycles. The quantitative estimate of drug-likeness (QED) is 0.525. The van der Waals surface area contributed by atoms with Gasteiger partial charge in [-0.3, -0.25) is 4.79 Å². The van der Waals surface area contributed by atoms with Gasteiger partial charge in [0.1, 0.15) is 0 Å². The highest BCUT2D eigenvalue weighted by Gasteiger charge is 2.00. The van der Waals surface area contributed by atoms with Crippen molar-refractivity contribution in [3.8, 4) is 0 Å². The molecule has 63 valence electrons. The topological polar surface area (TPSA) is 26.3 Å². The monoisotopic (exact) mass is 181 g/mol. The summed E-state index contributed by atoms with van der Waals surface area (Å²) in [4.78, 5) is 11.8. The summed E-state index contributed by atoms with van der Waals surface area (Å²) in [5.74, 6) is 0.161. The van der Waals surface area contributed by atoms with Gasteiger partial charge in [-0.2, -0.15) is 0 Å². The number of ether oxygens (including phenoxy) is 1. The Hall–Kier alpha value is -0.960. The molecular formula is C9H9O2S. The Morgan fingerprint density at radius 2 is 2.25 bits per heavy atom. The number of esters is 1. The van der Waals surface area contributed by atoms with Gasteiger partial charge in [0.05, 0.1) is 12.9 Å². The molecule has 1 rings (SSSR count). The predicted molar refractivity (Wildman–Crippen MR) is 48.0 cm³/mol. The molecule has 0 amide bonds. The highest BCUT2D eigenvalue weighted by atomic mass is 32.2. The van der Waals surface area contributed by atoms with Gasteiger partial charge in [-0.05, 0) is 18.2 Å². The van der Waals surface area contributed by atoms with E-state index in [-0.39, 0.29) is 5.97 Å². The molecule has 0 aliphatic carbocycles. The van der Waals surface area contributed by atoms with Gasteiger partial charge in [-0.1, -0.05) is 12.1 Å². The molecule has 1 aromatic rings. The first kappa shape index (κ1) is 9.13. The molecule has 12 heavy (non-hydrogen) atoms. The summed E-state index contributed by atoms with van der Waals surface area (Å²) in [6, 6.07) is 10.4. The van der Waals surface area contributed by atoms with E-state index in [1.807, 2.05) is 24.3 Å². The fourth-order valence-corrected chi connectivity index (χ4v) is 1.40. The van der Waals surface area contributed by atoms with Gasteiger partial charge in [-0.15, -0.1) is 11.8 Å². The lowest BCUT2D eigenvalue weighted by Gasteiger charge is -1.98. The lowest BCUT2D eigenvalue weighted by atomic mass is 10.4. The average Bonchev–Trinajstić information content (AvgIpc) is 2.16. The third kappa shape index (κ3) is 2.96. The zero-order chi connectivity index (χ0) is 8.81. The van der Waals surface area contributed by atoms with E-state index < -0.39 is 0 Å². The van der Waals surface area contributed by atoms with E-state index >= 15 is 0 Å². The van der Waals surface area contributed by atoms with Crippen LogP contribution in [0.1, 0.15) is 0 Å². The summed E-state index contributed by atoms with van der Waals surface area (Å²) in [6.45, 7) is 0. The first-order valence-electron chi connectivity index (χ1n) is 3.48. The van der Waals surface area contributed by atoms with E-state index in [0.29, 0.717) is 5.75 Å². The standard InChI is InChI=1S/C9H9O2S/c1-11-9(10)7-12-8-5-3-2-4-6-8/h3-6H,7H2,1H3. The van der Waals surface area contributed by atoms with E-state index in [9.17, 15) is 4.79 Å². The molecule has 1 aromatic carbocycles. The Labute approximate surface area is 75.9 Å². The molecule has 0 aliphatic heterocycles. The minimum absolute atomic E-state index is 0.201. The summed E-state index contributed by atoms with van der Waals surface area (Å²) in [5.41, 5.74) is 0. The summed E-state index contributed by atoms with van der Waals surface area (Å²) >= 11 is 1.46. The Balaban J connectivity index is 2.38. The van der Waals surface area contributed by atoms with Crippen molar-refractivity contribution in [2.75, 3.05) is 12.9 Å². The van der Waals surface area contributed by atoms with Gasteiger partial charge in [0.25, 0.3) is 0 Å². The van der Waals surface area contributed by atoms with Crippen molar-refractivity contribution in [3.63, 3.8) is 0 Å². The van der Waals surface area contributed by atoms with Crippen LogP contribution in [0.15, 0.2) is 29.2 Å². The maximum atomic E-state index is 10.7. The van der Waals surface area contributed by atoms with Crippen LogP contribution in [0.3, 0.4) is 0 Å². The molecule has 0 bridgehead atoms. The zero-order valence-electron chi connectivity index (χ0n) is 6.74. The van der Waals surface area contributed by atoms with E-state index in [1.165, 1.54) is 18.9 Å². The molecule has 0 spiro atoms. The largest absolute Gasteiger partial charge is 0.468 e. The van der Waals surface area contributed by atoms with Crippen molar-refractivity contribution in [1.29, 1.82) is 0 Å². The van der Waals surface area contributed by atoms with E-state index in [2.05, 4.69) is 10.8 Å². The molecule has 0 unspecified atom stereocenters. The number of hydrogen-bond acceptors (Lipinski definition) is 3. The molecule has 0 heterocycles. The maximum Gasteiger partial charge on any atom is 0.315 e. The first-order chi connectivity index (χ1) is 5.83. The average molecular weight is 181 g/mol. The zero-order valence-corrected chi connectivity index (χ0v) is 7.56. The first-order valence-corrected chi connectivity index (χ1v) is 4.47. The Kier molecular flexibility index (Phi) is 3.67. The number of thioether (sulfide) groups is 1. The Morgan fingerprint density at radius 3 is 2.83 bits per heavy atom. The smallest absolute Gasteiger partial charge is 0.315 e. The molecule has 0 N–H and O–H groups in total. The minimum atomic E-state index is -0.201. The SMILES string of the molecule is COC(=O)CSc1cc[c]cc1. The number of carbonyl (C=O) groups is 1. The van der Waals surface area contributed by atoms with Crippen LogP contribution in [0.4, 0.5) is 0 Å². The number of rotatable bonds is 3. The molecule has 1 radical (unpaired) electrons. The second-order valence-electron chi connectivity index (χ2n) is 2.10. The maximum absolute atomic E-state index is 10.7. The van der Waals surface area contributed by atoms with E-state index in [4.69, 9.17) is 0 Å². The Bertz CT molecular complexity index is 246. The fraction of sp³-hybridized carbons (Fsp3) is 0.222. The van der Waals surface area contributed by atoms with Crippen LogP contribution < -0.4 is 0 Å². The Morgan fingerprint density at radius 1 is 1.58 bits per heavy atom. The molecule has 0 atom stereocenters. The van der Waals surface area contributed by atoms with Gasteiger partial charge < -0.3 is 4.74 Å². The van der Waals surface area contributed by atoms with E-state index in [0.717, 1.165) is 4.90 Å². The van der Waals surface area contributed by atoms with Crippen LogP contribution in [0.5, 0.6) is 0 Å². The highest BCUT2D eigenvalue weighted by Crippen LogP contribution is 2.16. The van der Waals surface area contributed by atoms with Crippen molar-refractivity contribution >= 4 is 17.7 Å². The minimum Gasteiger partial charge on any atom is -0.468 e. The van der Waals surface area contributed by atoms with Gasteiger partial charge >= 0.3 is 5.97 Å². The molecule has 3 heteroatoms. The summed E-state index contributed by atoms with van der Waals surface area (Å²) < 4.78 is 4.50. The van der Waals surface area contributed by atoms with Gasteiger partial charge in [0.2, 0.25) is 0 Å². The number of carbonyl (C=O) groups excluding carboxylic acids is 1. The predicted octanol–water partition coefficient (Wildman–Crippen LogP) is 1.75. The van der Waals surface area contributed by atoms with Crippen LogP contribution in [0.25, 0.3) is 0 Å². The van der Waals surface area contributed by atoms with Crippen LogP contribution in [0.2, 0.25) is 0 Å². The number of hydrogen-bond donors (Lipinski definition) is 0. The number of methoxy groups -OCH3 is 1. The van der Waals surface area contributed by atoms with Crippen LogP contribution in [-0.4, -0.2) is 18.8 Å². The van der Waals surface area contributed by atoms with Crippen molar-refractivity contribution < 1.29 is 9.53 Å². The lowest BCUT2D eigenvalue weighted by molar-refractivity contribution is -0.137. The van der Waals surface area contributed by atoms with Gasteiger partial charge in [0.15, 0.2) is 0 Å². The number of benzene rings is 1. The van der Waals surface area contributed by atoms with E-state index in [1.54, 1.807) is 0 Å². The van der Waals surface area contributed by atoms with Crippen LogP contribution in [-0.2, 0) is 9.53 Å².